The molecule has 0 amide bonds. The predicted octanol–water partition coefficient (Wildman–Crippen LogP) is 3.44. The molecule has 0 spiro atoms. The summed E-state index contributed by atoms with van der Waals surface area (Å²) in [7, 11) is 0. The Labute approximate surface area is 121 Å². The summed E-state index contributed by atoms with van der Waals surface area (Å²) >= 11 is 0. The number of aryl methyl sites for hydroxylation is 1. The number of nitrogens with zero attached hydrogens (tertiary/aromatic N) is 3. The third kappa shape index (κ3) is 2.63. The first-order chi connectivity index (χ1) is 10.2. The number of aromatic nitrogens is 3. The van der Waals surface area contributed by atoms with Crippen molar-refractivity contribution in [2.75, 3.05) is 11.9 Å². The van der Waals surface area contributed by atoms with E-state index >= 15 is 0 Å². The zero-order valence-electron chi connectivity index (χ0n) is 11.7. The minimum Gasteiger partial charge on any atom is -0.366 e. The standard InChI is InChI=1S/C16H15FN4/c1-3-8-18-15-9-11(2)19-16-10-14(20-21(15)16)12-4-6-13(17)7-5-12/h3-7,9-10,18H,1,8H2,2H3. The van der Waals surface area contributed by atoms with Crippen LogP contribution in [0.4, 0.5) is 10.2 Å². The van der Waals surface area contributed by atoms with E-state index in [1.807, 2.05) is 19.1 Å². The van der Waals surface area contributed by atoms with Crippen LogP contribution in [0.2, 0.25) is 0 Å². The molecule has 0 atom stereocenters. The van der Waals surface area contributed by atoms with Gasteiger partial charge in [0.1, 0.15) is 11.6 Å². The van der Waals surface area contributed by atoms with Gasteiger partial charge in [0.15, 0.2) is 5.65 Å². The van der Waals surface area contributed by atoms with Crippen LogP contribution < -0.4 is 5.32 Å². The Hall–Kier alpha value is -2.69. The lowest BCUT2D eigenvalue weighted by Crippen LogP contribution is -2.06. The predicted molar refractivity (Wildman–Crippen MR) is 81.8 cm³/mol. The van der Waals surface area contributed by atoms with E-state index < -0.39 is 0 Å². The van der Waals surface area contributed by atoms with Crippen LogP contribution in [0.15, 0.2) is 49.1 Å². The lowest BCUT2D eigenvalue weighted by Gasteiger charge is -2.06. The Balaban J connectivity index is 2.10. The average molecular weight is 282 g/mol. The largest absolute Gasteiger partial charge is 0.366 e. The van der Waals surface area contributed by atoms with E-state index in [0.29, 0.717) is 6.54 Å². The smallest absolute Gasteiger partial charge is 0.158 e. The number of benzene rings is 1. The van der Waals surface area contributed by atoms with Crippen molar-refractivity contribution in [2.45, 2.75) is 6.92 Å². The summed E-state index contributed by atoms with van der Waals surface area (Å²) in [5.74, 6) is 0.593. The summed E-state index contributed by atoms with van der Waals surface area (Å²) in [4.78, 5) is 4.47. The van der Waals surface area contributed by atoms with E-state index in [1.165, 1.54) is 12.1 Å². The minimum atomic E-state index is -0.259. The lowest BCUT2D eigenvalue weighted by molar-refractivity contribution is 0.628. The molecule has 1 N–H and O–H groups in total. The second kappa shape index (κ2) is 5.36. The molecular formula is C16H15FN4. The van der Waals surface area contributed by atoms with Crippen molar-refractivity contribution < 1.29 is 4.39 Å². The van der Waals surface area contributed by atoms with Crippen molar-refractivity contribution in [3.63, 3.8) is 0 Å². The van der Waals surface area contributed by atoms with Crippen LogP contribution in [0.25, 0.3) is 16.9 Å². The SMILES string of the molecule is C=CCNc1cc(C)nc2cc(-c3ccc(F)cc3)nn12. The van der Waals surface area contributed by atoms with Gasteiger partial charge in [0.2, 0.25) is 0 Å². The molecule has 3 aromatic rings. The number of rotatable bonds is 4. The third-order valence-corrected chi connectivity index (χ3v) is 3.12. The van der Waals surface area contributed by atoms with Crippen LogP contribution in [0, 0.1) is 12.7 Å². The molecule has 5 heteroatoms. The number of anilines is 1. The number of hydrogen-bond acceptors (Lipinski definition) is 3. The third-order valence-electron chi connectivity index (χ3n) is 3.12. The molecule has 0 bridgehead atoms. The number of fused-ring (bicyclic) bond motifs is 1. The first-order valence-electron chi connectivity index (χ1n) is 6.65. The molecule has 106 valence electrons. The zero-order valence-corrected chi connectivity index (χ0v) is 11.7. The van der Waals surface area contributed by atoms with Gasteiger partial charge in [0.25, 0.3) is 0 Å². The Bertz CT molecular complexity index is 790. The normalized spacial score (nSPS) is 10.8. The number of halogens is 1. The van der Waals surface area contributed by atoms with Gasteiger partial charge in [-0.1, -0.05) is 6.08 Å². The second-order valence-corrected chi connectivity index (χ2v) is 4.76. The Morgan fingerprint density at radius 1 is 1.29 bits per heavy atom. The highest BCUT2D eigenvalue weighted by Gasteiger charge is 2.09. The summed E-state index contributed by atoms with van der Waals surface area (Å²) < 4.78 is 14.8. The maximum Gasteiger partial charge on any atom is 0.158 e. The Morgan fingerprint density at radius 3 is 2.76 bits per heavy atom. The minimum absolute atomic E-state index is 0.259. The van der Waals surface area contributed by atoms with Crippen LogP contribution in [-0.4, -0.2) is 21.1 Å². The number of hydrogen-bond donors (Lipinski definition) is 1. The molecule has 2 aromatic heterocycles. The molecule has 1 aromatic carbocycles. The van der Waals surface area contributed by atoms with Crippen LogP contribution in [0.1, 0.15) is 5.69 Å². The van der Waals surface area contributed by atoms with E-state index in [2.05, 4.69) is 22.0 Å². The van der Waals surface area contributed by atoms with Gasteiger partial charge in [-0.2, -0.15) is 9.61 Å². The second-order valence-electron chi connectivity index (χ2n) is 4.76. The average Bonchev–Trinajstić information content (AvgIpc) is 2.89. The maximum atomic E-state index is 13.0. The highest BCUT2D eigenvalue weighted by molar-refractivity contribution is 5.65. The van der Waals surface area contributed by atoms with Crippen molar-refractivity contribution >= 4 is 11.5 Å². The van der Waals surface area contributed by atoms with Gasteiger partial charge in [0, 0.05) is 29.9 Å². The topological polar surface area (TPSA) is 42.2 Å². The van der Waals surface area contributed by atoms with Gasteiger partial charge < -0.3 is 5.32 Å². The van der Waals surface area contributed by atoms with Gasteiger partial charge in [-0.3, -0.25) is 0 Å². The van der Waals surface area contributed by atoms with E-state index in [1.54, 1.807) is 22.7 Å². The molecule has 0 aliphatic carbocycles. The maximum absolute atomic E-state index is 13.0. The molecule has 2 heterocycles. The molecule has 4 nitrogen and oxygen atoms in total. The van der Waals surface area contributed by atoms with E-state index in [-0.39, 0.29) is 5.82 Å². The fourth-order valence-corrected chi connectivity index (χ4v) is 2.16. The summed E-state index contributed by atoms with van der Waals surface area (Å²) in [6.07, 6.45) is 1.78. The fraction of sp³-hybridized carbons (Fsp3) is 0.125. The highest BCUT2D eigenvalue weighted by Crippen LogP contribution is 2.22. The first-order valence-corrected chi connectivity index (χ1v) is 6.65. The van der Waals surface area contributed by atoms with Crippen LogP contribution in [0.5, 0.6) is 0 Å². The summed E-state index contributed by atoms with van der Waals surface area (Å²) in [6.45, 7) is 6.27. The summed E-state index contributed by atoms with van der Waals surface area (Å²) in [5, 5.41) is 7.78. The van der Waals surface area contributed by atoms with Crippen molar-refractivity contribution in [1.82, 2.24) is 14.6 Å². The Morgan fingerprint density at radius 2 is 2.05 bits per heavy atom. The van der Waals surface area contributed by atoms with Crippen molar-refractivity contribution in [3.05, 3.63) is 60.6 Å². The van der Waals surface area contributed by atoms with Crippen LogP contribution in [-0.2, 0) is 0 Å². The molecular weight excluding hydrogens is 267 g/mol. The van der Waals surface area contributed by atoms with E-state index in [4.69, 9.17) is 0 Å². The highest BCUT2D eigenvalue weighted by atomic mass is 19.1. The molecule has 0 saturated carbocycles. The van der Waals surface area contributed by atoms with Gasteiger partial charge in [-0.05, 0) is 31.2 Å². The van der Waals surface area contributed by atoms with Gasteiger partial charge in [0.05, 0.1) is 5.69 Å². The lowest BCUT2D eigenvalue weighted by atomic mass is 10.1. The zero-order chi connectivity index (χ0) is 14.8. The fourth-order valence-electron chi connectivity index (χ4n) is 2.16. The molecule has 0 aliphatic rings. The van der Waals surface area contributed by atoms with E-state index in [0.717, 1.165) is 28.4 Å². The Kier molecular flexibility index (Phi) is 3.39. The van der Waals surface area contributed by atoms with Gasteiger partial charge in [-0.25, -0.2) is 9.37 Å². The molecule has 21 heavy (non-hydrogen) atoms. The molecule has 0 fully saturated rings. The summed E-state index contributed by atoms with van der Waals surface area (Å²) in [5.41, 5.74) is 3.27. The molecule has 0 aliphatic heterocycles. The van der Waals surface area contributed by atoms with Gasteiger partial charge >= 0.3 is 0 Å². The van der Waals surface area contributed by atoms with Gasteiger partial charge in [-0.15, -0.1) is 6.58 Å². The molecule has 0 unspecified atom stereocenters. The van der Waals surface area contributed by atoms with Crippen molar-refractivity contribution in [2.24, 2.45) is 0 Å². The van der Waals surface area contributed by atoms with Crippen LogP contribution in [0.3, 0.4) is 0 Å². The van der Waals surface area contributed by atoms with Crippen LogP contribution >= 0.6 is 0 Å². The molecule has 3 rings (SSSR count). The molecule has 0 radical (unpaired) electrons. The first kappa shape index (κ1) is 13.3. The van der Waals surface area contributed by atoms with Crippen molar-refractivity contribution in [1.29, 1.82) is 0 Å². The summed E-state index contributed by atoms with van der Waals surface area (Å²) in [6, 6.07) is 10.1. The quantitative estimate of drug-likeness (QED) is 0.745. The molecule has 0 saturated heterocycles. The number of nitrogens with one attached hydrogen (secondary N) is 1. The monoisotopic (exact) mass is 282 g/mol. The van der Waals surface area contributed by atoms with Crippen molar-refractivity contribution in [3.8, 4) is 11.3 Å². The van der Waals surface area contributed by atoms with E-state index in [9.17, 15) is 4.39 Å².